The van der Waals surface area contributed by atoms with E-state index < -0.39 is 11.7 Å². The summed E-state index contributed by atoms with van der Waals surface area (Å²) in [4.78, 5) is 0. The summed E-state index contributed by atoms with van der Waals surface area (Å²) in [5.41, 5.74) is 3.09. The minimum Gasteiger partial charge on any atom is -0.380 e. The molecule has 0 spiro atoms. The molecule has 0 aromatic heterocycles. The Bertz CT molecular complexity index is 650. The summed E-state index contributed by atoms with van der Waals surface area (Å²) in [5, 5.41) is 3.14. The first-order valence-electron chi connectivity index (χ1n) is 6.44. The Labute approximate surface area is 126 Å². The van der Waals surface area contributed by atoms with E-state index in [1.54, 1.807) is 0 Å². The van der Waals surface area contributed by atoms with E-state index in [0.29, 0.717) is 12.2 Å². The number of hydrogen-bond donors (Lipinski definition) is 1. The fraction of sp³-hybridized carbons (Fsp3) is 0.250. The summed E-state index contributed by atoms with van der Waals surface area (Å²) < 4.78 is 37.7. The molecule has 0 amide bonds. The molecule has 0 bridgehead atoms. The molecular formula is C16H15ClF3N. The van der Waals surface area contributed by atoms with Crippen LogP contribution < -0.4 is 5.32 Å². The van der Waals surface area contributed by atoms with E-state index in [4.69, 9.17) is 11.6 Å². The molecule has 5 heteroatoms. The highest BCUT2D eigenvalue weighted by Gasteiger charge is 2.30. The van der Waals surface area contributed by atoms with Crippen LogP contribution in [0.3, 0.4) is 0 Å². The molecule has 21 heavy (non-hydrogen) atoms. The van der Waals surface area contributed by atoms with Crippen molar-refractivity contribution in [1.82, 2.24) is 0 Å². The van der Waals surface area contributed by atoms with Crippen molar-refractivity contribution >= 4 is 17.3 Å². The minimum atomic E-state index is -4.38. The van der Waals surface area contributed by atoms with Crippen LogP contribution in [0.1, 0.15) is 22.3 Å². The average molecular weight is 314 g/mol. The Morgan fingerprint density at radius 3 is 2.38 bits per heavy atom. The van der Waals surface area contributed by atoms with Gasteiger partial charge in [0.05, 0.1) is 16.3 Å². The number of hydrogen-bond acceptors (Lipinski definition) is 1. The lowest BCUT2D eigenvalue weighted by molar-refractivity contribution is -0.137. The van der Waals surface area contributed by atoms with E-state index >= 15 is 0 Å². The van der Waals surface area contributed by atoms with Crippen molar-refractivity contribution < 1.29 is 13.2 Å². The summed E-state index contributed by atoms with van der Waals surface area (Å²) in [7, 11) is 0. The predicted octanol–water partition coefficient (Wildman–Crippen LogP) is 5.59. The Kier molecular flexibility index (Phi) is 4.47. The second-order valence-corrected chi connectivity index (χ2v) is 5.38. The summed E-state index contributed by atoms with van der Waals surface area (Å²) in [6, 6.07) is 9.39. The van der Waals surface area contributed by atoms with Crippen LogP contribution in [0.15, 0.2) is 36.4 Å². The van der Waals surface area contributed by atoms with Crippen molar-refractivity contribution in [1.29, 1.82) is 0 Å². The van der Waals surface area contributed by atoms with Crippen LogP contribution in [0.25, 0.3) is 0 Å². The lowest BCUT2D eigenvalue weighted by Gasteiger charge is -2.13. The number of halogens is 4. The third-order valence-corrected chi connectivity index (χ3v) is 3.58. The molecule has 0 atom stereocenters. The molecular weight excluding hydrogens is 299 g/mol. The van der Waals surface area contributed by atoms with E-state index in [-0.39, 0.29) is 5.02 Å². The van der Waals surface area contributed by atoms with Crippen LogP contribution >= 0.6 is 11.6 Å². The fourth-order valence-electron chi connectivity index (χ4n) is 2.02. The van der Waals surface area contributed by atoms with Crippen LogP contribution in [0.5, 0.6) is 0 Å². The molecule has 2 aromatic rings. The van der Waals surface area contributed by atoms with Crippen LogP contribution in [0.2, 0.25) is 5.02 Å². The van der Waals surface area contributed by atoms with Gasteiger partial charge in [0.25, 0.3) is 0 Å². The van der Waals surface area contributed by atoms with E-state index in [1.165, 1.54) is 6.07 Å². The molecule has 0 aliphatic heterocycles. The Morgan fingerprint density at radius 2 is 1.76 bits per heavy atom. The van der Waals surface area contributed by atoms with E-state index in [1.807, 2.05) is 32.0 Å². The number of aryl methyl sites for hydroxylation is 2. The van der Waals surface area contributed by atoms with Crippen LogP contribution in [-0.2, 0) is 12.7 Å². The molecule has 112 valence electrons. The Hall–Kier alpha value is -1.68. The molecule has 2 rings (SSSR count). The van der Waals surface area contributed by atoms with E-state index in [2.05, 4.69) is 5.32 Å². The molecule has 0 radical (unpaired) electrons. The highest BCUT2D eigenvalue weighted by molar-refractivity contribution is 6.33. The smallest absolute Gasteiger partial charge is 0.380 e. The van der Waals surface area contributed by atoms with Gasteiger partial charge in [0, 0.05) is 6.54 Å². The van der Waals surface area contributed by atoms with Gasteiger partial charge in [-0.2, -0.15) is 13.2 Å². The first-order chi connectivity index (χ1) is 9.77. The van der Waals surface area contributed by atoms with Gasteiger partial charge in [-0.25, -0.2) is 0 Å². The Balaban J connectivity index is 2.15. The van der Waals surface area contributed by atoms with Gasteiger partial charge in [-0.15, -0.1) is 0 Å². The van der Waals surface area contributed by atoms with Crippen molar-refractivity contribution in [2.75, 3.05) is 5.32 Å². The normalized spacial score (nSPS) is 11.5. The number of anilines is 1. The molecule has 0 heterocycles. The summed E-state index contributed by atoms with van der Waals surface area (Å²) in [6.07, 6.45) is -4.38. The van der Waals surface area contributed by atoms with Gasteiger partial charge in [0.15, 0.2) is 0 Å². The third kappa shape index (κ3) is 3.91. The maximum Gasteiger partial charge on any atom is 0.416 e. The van der Waals surface area contributed by atoms with Crippen molar-refractivity contribution in [2.45, 2.75) is 26.6 Å². The zero-order valence-corrected chi connectivity index (χ0v) is 12.4. The zero-order valence-electron chi connectivity index (χ0n) is 11.7. The molecule has 0 fully saturated rings. The van der Waals surface area contributed by atoms with Crippen molar-refractivity contribution in [2.24, 2.45) is 0 Å². The summed E-state index contributed by atoms with van der Waals surface area (Å²) >= 11 is 5.91. The quantitative estimate of drug-likeness (QED) is 0.779. The number of rotatable bonds is 3. The summed E-state index contributed by atoms with van der Waals surface area (Å²) in [6.45, 7) is 4.50. The first-order valence-corrected chi connectivity index (χ1v) is 6.82. The fourth-order valence-corrected chi connectivity index (χ4v) is 2.26. The van der Waals surface area contributed by atoms with Crippen LogP contribution in [0, 0.1) is 13.8 Å². The van der Waals surface area contributed by atoms with Crippen molar-refractivity contribution in [3.8, 4) is 0 Å². The SMILES string of the molecule is Cc1ccc(C)c(CNc2ccc(C(F)(F)F)cc2Cl)c1. The molecule has 0 unspecified atom stereocenters. The van der Waals surface area contributed by atoms with Crippen LogP contribution in [0.4, 0.5) is 18.9 Å². The maximum absolute atomic E-state index is 12.6. The molecule has 2 aromatic carbocycles. The van der Waals surface area contributed by atoms with E-state index in [9.17, 15) is 13.2 Å². The van der Waals surface area contributed by atoms with Crippen LogP contribution in [-0.4, -0.2) is 0 Å². The number of nitrogens with one attached hydrogen (secondary N) is 1. The third-order valence-electron chi connectivity index (χ3n) is 3.27. The number of benzene rings is 2. The number of alkyl halides is 3. The van der Waals surface area contributed by atoms with Gasteiger partial charge < -0.3 is 5.32 Å². The lowest BCUT2D eigenvalue weighted by Crippen LogP contribution is -2.06. The Morgan fingerprint density at radius 1 is 1.05 bits per heavy atom. The zero-order chi connectivity index (χ0) is 15.6. The highest BCUT2D eigenvalue weighted by atomic mass is 35.5. The molecule has 0 saturated heterocycles. The monoisotopic (exact) mass is 313 g/mol. The molecule has 0 aliphatic carbocycles. The van der Waals surface area contributed by atoms with Crippen molar-refractivity contribution in [3.63, 3.8) is 0 Å². The highest BCUT2D eigenvalue weighted by Crippen LogP contribution is 2.33. The maximum atomic E-state index is 12.6. The molecule has 1 nitrogen and oxygen atoms in total. The lowest BCUT2D eigenvalue weighted by atomic mass is 10.1. The van der Waals surface area contributed by atoms with Gasteiger partial charge in [-0.05, 0) is 43.2 Å². The van der Waals surface area contributed by atoms with E-state index in [0.717, 1.165) is 28.8 Å². The average Bonchev–Trinajstić information content (AvgIpc) is 2.40. The van der Waals surface area contributed by atoms with Gasteiger partial charge in [0.1, 0.15) is 0 Å². The second kappa shape index (κ2) is 5.98. The van der Waals surface area contributed by atoms with Gasteiger partial charge in [0.2, 0.25) is 0 Å². The minimum absolute atomic E-state index is 0.0649. The predicted molar refractivity (Wildman–Crippen MR) is 79.7 cm³/mol. The first kappa shape index (κ1) is 15.7. The summed E-state index contributed by atoms with van der Waals surface area (Å²) in [5.74, 6) is 0. The molecule has 1 N–H and O–H groups in total. The second-order valence-electron chi connectivity index (χ2n) is 4.98. The van der Waals surface area contributed by atoms with Crippen molar-refractivity contribution in [3.05, 3.63) is 63.7 Å². The largest absolute Gasteiger partial charge is 0.416 e. The topological polar surface area (TPSA) is 12.0 Å². The molecule has 0 saturated carbocycles. The van der Waals surface area contributed by atoms with Gasteiger partial charge in [-0.1, -0.05) is 35.4 Å². The standard InChI is InChI=1S/C16H15ClF3N/c1-10-3-4-11(2)12(7-10)9-21-15-6-5-13(8-14(15)17)16(18,19)20/h3-8,21H,9H2,1-2H3. The molecule has 0 aliphatic rings. The van der Waals surface area contributed by atoms with Gasteiger partial charge in [-0.3, -0.25) is 0 Å². The van der Waals surface area contributed by atoms with Gasteiger partial charge >= 0.3 is 6.18 Å².